The summed E-state index contributed by atoms with van der Waals surface area (Å²) in [7, 11) is 0. The summed E-state index contributed by atoms with van der Waals surface area (Å²) in [4.78, 5) is 17.6. The molecule has 0 radical (unpaired) electrons. The molecular weight excluding hydrogens is 675 g/mol. The summed E-state index contributed by atoms with van der Waals surface area (Å²) in [5, 5.41) is -1.77. The fourth-order valence-electron chi connectivity index (χ4n) is 6.93. The van der Waals surface area contributed by atoms with Gasteiger partial charge in [0.25, 0.3) is 0 Å². The Hall–Kier alpha value is -7.56. The number of hydrogen-bond donors (Lipinski definition) is 0. The molecule has 55 heavy (non-hydrogen) atoms. The van der Waals surface area contributed by atoms with Crippen molar-refractivity contribution in [2.45, 2.75) is 13.0 Å². The molecule has 11 rings (SSSR count). The Morgan fingerprint density at radius 3 is 1.44 bits per heavy atom. The Morgan fingerprint density at radius 2 is 0.927 bits per heavy atom. The van der Waals surface area contributed by atoms with Gasteiger partial charge in [-0.1, -0.05) is 121 Å². The topological polar surface area (TPSA) is 57.8 Å². The predicted molar refractivity (Wildman–Crippen MR) is 223 cm³/mol. The molecule has 0 spiro atoms. The average molecular weight is 729 g/mol. The van der Waals surface area contributed by atoms with Gasteiger partial charge in [0.15, 0.2) is 5.69 Å². The van der Waals surface area contributed by atoms with E-state index in [9.17, 15) is 5.48 Å². The van der Waals surface area contributed by atoms with Crippen LogP contribution in [-0.4, -0.2) is 28.7 Å². The van der Waals surface area contributed by atoms with Crippen LogP contribution < -0.4 is 0 Å². The second kappa shape index (κ2) is 12.3. The number of hydrogen-bond acceptors (Lipinski definition) is 3. The first-order valence-electron chi connectivity index (χ1n) is 28.0. The molecule has 0 atom stereocenters. The van der Waals surface area contributed by atoms with E-state index >= 15 is 0 Å². The maximum atomic E-state index is 9.21. The van der Waals surface area contributed by atoms with Crippen LogP contribution in [0.25, 0.3) is 82.2 Å². The Bertz CT molecular complexity index is 4350. The summed E-state index contributed by atoms with van der Waals surface area (Å²) in [6.45, 7) is 7.39. The molecule has 0 fully saturated rings. The van der Waals surface area contributed by atoms with Gasteiger partial charge in [0.2, 0.25) is 11.9 Å². The van der Waals surface area contributed by atoms with E-state index in [4.69, 9.17) is 47.6 Å². The quantitative estimate of drug-likeness (QED) is 0.160. The maximum Gasteiger partial charge on any atom is 0.239 e. The van der Waals surface area contributed by atoms with Crippen molar-refractivity contribution < 1.29 is 31.5 Å². The highest BCUT2D eigenvalue weighted by Crippen LogP contribution is 2.35. The van der Waals surface area contributed by atoms with E-state index in [-0.39, 0.29) is 55.7 Å². The standard InChI is InChI=1S/C48H31N7/c1-49-33-26-27-41-39(29-33)38-20-4-9-21-40(38)53(41)30-32-15-3-2-14-31(32)28-46-50-47(54-42-22-10-5-16-34(42)35-17-6-11-23-43(35)54)52-48(51-46)55-44-24-12-7-18-36(44)37-19-8-13-25-45(37)55/h2-27,29H,28,30H2/i4D,5D,6D,7D,8D,9D,10D,11D,12D,13D,16D,17D,18D,19D,20D,21D,22D,23D,24D,25D,26D,27D,29D. The molecule has 0 bridgehead atoms. The van der Waals surface area contributed by atoms with E-state index in [2.05, 4.69) is 4.85 Å². The number of benzene rings is 7. The van der Waals surface area contributed by atoms with Crippen LogP contribution in [0, 0.1) is 6.57 Å². The lowest BCUT2D eigenvalue weighted by Crippen LogP contribution is -2.13. The van der Waals surface area contributed by atoms with Crippen molar-refractivity contribution in [2.75, 3.05) is 0 Å². The summed E-state index contributed by atoms with van der Waals surface area (Å²) in [6, 6.07) is -9.49. The molecule has 0 amide bonds. The zero-order chi connectivity index (χ0) is 56.5. The van der Waals surface area contributed by atoms with Crippen LogP contribution in [0.2, 0.25) is 0 Å². The molecule has 0 saturated heterocycles. The van der Waals surface area contributed by atoms with Gasteiger partial charge in [-0.2, -0.15) is 15.0 Å². The van der Waals surface area contributed by atoms with Gasteiger partial charge in [-0.15, -0.1) is 0 Å². The van der Waals surface area contributed by atoms with Gasteiger partial charge in [-0.05, 0) is 58.8 Å². The smallest absolute Gasteiger partial charge is 0.239 e. The number of rotatable bonds is 6. The third kappa shape index (κ3) is 4.86. The highest BCUT2D eigenvalue weighted by molar-refractivity contribution is 6.11. The van der Waals surface area contributed by atoms with E-state index in [0.717, 1.165) is 9.13 Å². The van der Waals surface area contributed by atoms with Crippen LogP contribution in [0.1, 0.15) is 48.5 Å². The van der Waals surface area contributed by atoms with Crippen molar-refractivity contribution >= 4 is 71.1 Å². The first-order chi connectivity index (χ1) is 36.8. The summed E-state index contributed by atoms with van der Waals surface area (Å²) < 4.78 is 207. The summed E-state index contributed by atoms with van der Waals surface area (Å²) >= 11 is 0. The normalized spacial score (nSPS) is 17.6. The summed E-state index contributed by atoms with van der Waals surface area (Å²) in [5.74, 6) is -1.47. The van der Waals surface area contributed by atoms with Gasteiger partial charge >= 0.3 is 0 Å². The van der Waals surface area contributed by atoms with Crippen LogP contribution in [-0.2, 0) is 13.0 Å². The highest BCUT2D eigenvalue weighted by atomic mass is 15.3. The minimum absolute atomic E-state index is 0.153. The monoisotopic (exact) mass is 728 g/mol. The van der Waals surface area contributed by atoms with Crippen molar-refractivity contribution in [1.29, 1.82) is 0 Å². The lowest BCUT2D eigenvalue weighted by molar-refractivity contribution is 0.814. The second-order valence-corrected chi connectivity index (χ2v) is 12.2. The molecule has 0 aliphatic heterocycles. The van der Waals surface area contributed by atoms with Gasteiger partial charge in [0.05, 0.1) is 57.4 Å². The molecule has 7 nitrogen and oxygen atoms in total. The van der Waals surface area contributed by atoms with Crippen LogP contribution in [0.15, 0.2) is 163 Å². The maximum absolute atomic E-state index is 9.21. The van der Waals surface area contributed by atoms with Crippen LogP contribution in [0.3, 0.4) is 0 Å². The Morgan fingerprint density at radius 1 is 0.491 bits per heavy atom. The molecule has 0 aliphatic rings. The zero-order valence-corrected chi connectivity index (χ0v) is 27.9. The Balaban J connectivity index is 1.27. The molecule has 258 valence electrons. The van der Waals surface area contributed by atoms with Crippen molar-refractivity contribution in [3.8, 4) is 11.9 Å². The predicted octanol–water partition coefficient (Wildman–Crippen LogP) is 11.4. The fraction of sp³-hybridized carbons (Fsp3) is 0.0417. The molecule has 0 aliphatic carbocycles. The molecule has 11 aromatic rings. The van der Waals surface area contributed by atoms with E-state index in [0.29, 0.717) is 11.1 Å². The molecule has 0 N–H and O–H groups in total. The van der Waals surface area contributed by atoms with E-state index < -0.39 is 185 Å². The first kappa shape index (κ1) is 15.8. The van der Waals surface area contributed by atoms with Crippen LogP contribution >= 0.6 is 0 Å². The number of para-hydroxylation sites is 5. The average Bonchev–Trinajstić information content (AvgIpc) is 4.32. The van der Waals surface area contributed by atoms with Crippen molar-refractivity contribution in [1.82, 2.24) is 28.7 Å². The van der Waals surface area contributed by atoms with Gasteiger partial charge in [0.1, 0.15) is 5.82 Å². The van der Waals surface area contributed by atoms with Crippen molar-refractivity contribution in [3.05, 3.63) is 192 Å². The largest absolute Gasteiger partial charge is 0.336 e. The second-order valence-electron chi connectivity index (χ2n) is 12.2. The lowest BCUT2D eigenvalue weighted by Gasteiger charge is -2.15. The highest BCUT2D eigenvalue weighted by Gasteiger charge is 2.21. The SMILES string of the molecule is [2H]c1c([2H])c([2H])c2c(c1[2H])c1c([2H])c([N+]#[C-])c([2H])c([2H])c1n2Cc1ccccc1Cc1nc(-n2c3c([2H])c([2H])c([2H])c([2H])c3c3c([2H])c([2H])c([2H])c([2H])c32)nc(-n2c3c([2H])c([2H])c([2H])c([2H])c3c3c([2H])c([2H])c([2H])c([2H])c32)n1. The lowest BCUT2D eigenvalue weighted by atomic mass is 10.0. The summed E-state index contributed by atoms with van der Waals surface area (Å²) in [5.41, 5.74) is -1.85. The van der Waals surface area contributed by atoms with Gasteiger partial charge in [-0.25, -0.2) is 4.85 Å². The molecule has 7 aromatic carbocycles. The molecule has 7 heteroatoms. The number of nitrogens with zero attached hydrogens (tertiary/aromatic N) is 7. The Kier molecular flexibility index (Phi) is 3.52. The number of aromatic nitrogens is 6. The van der Waals surface area contributed by atoms with Gasteiger partial charge in [0, 0.05) is 53.7 Å². The first-order valence-corrected chi connectivity index (χ1v) is 16.5. The van der Waals surface area contributed by atoms with E-state index in [1.807, 2.05) is 0 Å². The Labute approximate surface area is 348 Å². The molecule has 4 heterocycles. The van der Waals surface area contributed by atoms with Crippen LogP contribution in [0.5, 0.6) is 0 Å². The van der Waals surface area contributed by atoms with Crippen LogP contribution in [0.4, 0.5) is 5.69 Å². The van der Waals surface area contributed by atoms with E-state index in [1.54, 1.807) is 24.3 Å². The van der Waals surface area contributed by atoms with Gasteiger partial charge in [-0.3, -0.25) is 9.13 Å². The third-order valence-electron chi connectivity index (χ3n) is 9.27. The third-order valence-corrected chi connectivity index (χ3v) is 9.27. The molecule has 0 unspecified atom stereocenters. The molecule has 4 aromatic heterocycles. The van der Waals surface area contributed by atoms with Crippen molar-refractivity contribution in [3.63, 3.8) is 0 Å². The zero-order valence-electron chi connectivity index (χ0n) is 50.9. The molecular formula is C48H31N7. The minimum Gasteiger partial charge on any atom is -0.336 e. The summed E-state index contributed by atoms with van der Waals surface area (Å²) in [6.07, 6.45) is -0.392. The van der Waals surface area contributed by atoms with Crippen molar-refractivity contribution in [2.24, 2.45) is 0 Å². The fourth-order valence-corrected chi connectivity index (χ4v) is 6.93. The van der Waals surface area contributed by atoms with E-state index in [1.165, 1.54) is 4.57 Å². The minimum atomic E-state index is -0.782. The van der Waals surface area contributed by atoms with Gasteiger partial charge < -0.3 is 4.57 Å². The molecule has 0 saturated carbocycles. The number of fused-ring (bicyclic) bond motifs is 9.